The molecule has 0 aliphatic heterocycles. The van der Waals surface area contributed by atoms with Crippen LogP contribution in [0.4, 0.5) is 0 Å². The zero-order chi connectivity index (χ0) is 12.0. The van der Waals surface area contributed by atoms with Crippen molar-refractivity contribution in [3.05, 3.63) is 0 Å². The van der Waals surface area contributed by atoms with Crippen LogP contribution in [0.2, 0.25) is 0 Å². The lowest BCUT2D eigenvalue weighted by molar-refractivity contribution is 0.0690. The lowest BCUT2D eigenvalue weighted by Gasteiger charge is -2.31. The second-order valence-corrected chi connectivity index (χ2v) is 5.93. The van der Waals surface area contributed by atoms with Crippen molar-refractivity contribution in [3.8, 4) is 0 Å². The molecule has 0 saturated heterocycles. The van der Waals surface area contributed by atoms with E-state index in [1.807, 2.05) is 13.8 Å². The molecule has 1 aliphatic carbocycles. The van der Waals surface area contributed by atoms with Gasteiger partial charge in [-0.3, -0.25) is 0 Å². The first-order valence-electron chi connectivity index (χ1n) is 6.98. The molecule has 0 heterocycles. The monoisotopic (exact) mass is 227 g/mol. The highest BCUT2D eigenvalue weighted by Crippen LogP contribution is 2.27. The van der Waals surface area contributed by atoms with Crippen molar-refractivity contribution in [1.82, 2.24) is 5.32 Å². The van der Waals surface area contributed by atoms with Crippen LogP contribution in [-0.2, 0) is 0 Å². The number of hydrogen-bond donors (Lipinski definition) is 2. The fraction of sp³-hybridized carbons (Fsp3) is 1.00. The Morgan fingerprint density at radius 3 is 2.38 bits per heavy atom. The molecule has 0 spiro atoms. The van der Waals surface area contributed by atoms with Crippen molar-refractivity contribution >= 4 is 0 Å². The topological polar surface area (TPSA) is 32.3 Å². The van der Waals surface area contributed by atoms with Crippen LogP contribution in [0.3, 0.4) is 0 Å². The van der Waals surface area contributed by atoms with Crippen LogP contribution in [0.5, 0.6) is 0 Å². The van der Waals surface area contributed by atoms with E-state index < -0.39 is 5.60 Å². The average molecular weight is 227 g/mol. The predicted molar refractivity (Wildman–Crippen MR) is 69.6 cm³/mol. The van der Waals surface area contributed by atoms with Gasteiger partial charge in [0.05, 0.1) is 5.60 Å². The summed E-state index contributed by atoms with van der Waals surface area (Å²) in [5.41, 5.74) is -0.530. The first-order valence-corrected chi connectivity index (χ1v) is 6.98. The van der Waals surface area contributed by atoms with Gasteiger partial charge in [-0.2, -0.15) is 0 Å². The van der Waals surface area contributed by atoms with Gasteiger partial charge in [-0.15, -0.1) is 0 Å². The summed E-state index contributed by atoms with van der Waals surface area (Å²) in [7, 11) is 0. The van der Waals surface area contributed by atoms with Gasteiger partial charge in [0.25, 0.3) is 0 Å². The Balaban J connectivity index is 2.25. The minimum absolute atomic E-state index is 0.530. The summed E-state index contributed by atoms with van der Waals surface area (Å²) in [6, 6.07) is 0.669. The van der Waals surface area contributed by atoms with Crippen molar-refractivity contribution in [1.29, 1.82) is 0 Å². The van der Waals surface area contributed by atoms with E-state index in [-0.39, 0.29) is 0 Å². The van der Waals surface area contributed by atoms with Crippen LogP contribution in [0.1, 0.15) is 65.7 Å². The molecule has 0 bridgehead atoms. The van der Waals surface area contributed by atoms with E-state index in [9.17, 15) is 5.11 Å². The molecule has 1 fully saturated rings. The van der Waals surface area contributed by atoms with E-state index in [1.165, 1.54) is 38.5 Å². The summed E-state index contributed by atoms with van der Waals surface area (Å²) in [5, 5.41) is 13.3. The van der Waals surface area contributed by atoms with Crippen molar-refractivity contribution in [2.45, 2.75) is 77.4 Å². The van der Waals surface area contributed by atoms with Gasteiger partial charge in [0.1, 0.15) is 0 Å². The Hall–Kier alpha value is -0.0800. The quantitative estimate of drug-likeness (QED) is 0.731. The van der Waals surface area contributed by atoms with E-state index in [0.717, 1.165) is 18.9 Å². The Bertz CT molecular complexity index is 180. The Kier molecular flexibility index (Phi) is 5.77. The van der Waals surface area contributed by atoms with E-state index in [0.29, 0.717) is 6.04 Å². The Labute approximate surface area is 101 Å². The minimum atomic E-state index is -0.530. The Morgan fingerprint density at radius 1 is 1.25 bits per heavy atom. The zero-order valence-electron chi connectivity index (χ0n) is 11.3. The first-order chi connectivity index (χ1) is 7.53. The summed E-state index contributed by atoms with van der Waals surface area (Å²) in [6.45, 7) is 6.99. The van der Waals surface area contributed by atoms with Crippen molar-refractivity contribution < 1.29 is 5.11 Å². The van der Waals surface area contributed by atoms with Gasteiger partial charge >= 0.3 is 0 Å². The molecule has 1 atom stereocenters. The van der Waals surface area contributed by atoms with Gasteiger partial charge in [0.15, 0.2) is 0 Å². The molecule has 96 valence electrons. The highest BCUT2D eigenvalue weighted by molar-refractivity contribution is 4.79. The van der Waals surface area contributed by atoms with Gasteiger partial charge < -0.3 is 10.4 Å². The molecule has 0 aromatic heterocycles. The second kappa shape index (κ2) is 6.61. The molecule has 0 radical (unpaired) electrons. The highest BCUT2D eigenvalue weighted by atomic mass is 16.3. The lowest BCUT2D eigenvalue weighted by Crippen LogP contribution is -2.39. The average Bonchev–Trinajstić information content (AvgIpc) is 2.24. The molecular formula is C14H29NO. The van der Waals surface area contributed by atoms with E-state index in [2.05, 4.69) is 12.2 Å². The molecule has 1 aliphatic rings. The fourth-order valence-corrected chi connectivity index (χ4v) is 2.74. The van der Waals surface area contributed by atoms with Crippen LogP contribution in [-0.4, -0.2) is 23.3 Å². The number of aliphatic hydroxyl groups is 1. The number of nitrogens with one attached hydrogen (secondary N) is 1. The maximum Gasteiger partial charge on any atom is 0.0603 e. The molecule has 1 unspecified atom stereocenters. The largest absolute Gasteiger partial charge is 0.390 e. The van der Waals surface area contributed by atoms with Crippen molar-refractivity contribution in [2.24, 2.45) is 5.92 Å². The summed E-state index contributed by atoms with van der Waals surface area (Å²) in [5.74, 6) is 0.876. The molecule has 2 N–H and O–H groups in total. The zero-order valence-corrected chi connectivity index (χ0v) is 11.3. The molecule has 0 aromatic carbocycles. The maximum atomic E-state index is 9.67. The Morgan fingerprint density at radius 2 is 1.88 bits per heavy atom. The summed E-state index contributed by atoms with van der Waals surface area (Å²) < 4.78 is 0. The molecule has 2 nitrogen and oxygen atoms in total. The van der Waals surface area contributed by atoms with Crippen LogP contribution in [0.15, 0.2) is 0 Å². The highest BCUT2D eigenvalue weighted by Gasteiger charge is 2.22. The molecule has 0 amide bonds. The van der Waals surface area contributed by atoms with E-state index in [4.69, 9.17) is 0 Å². The second-order valence-electron chi connectivity index (χ2n) is 5.93. The van der Waals surface area contributed by atoms with Crippen LogP contribution in [0, 0.1) is 5.92 Å². The fourth-order valence-electron chi connectivity index (χ4n) is 2.74. The van der Waals surface area contributed by atoms with Gasteiger partial charge in [-0.1, -0.05) is 26.2 Å². The van der Waals surface area contributed by atoms with Crippen LogP contribution < -0.4 is 5.32 Å². The molecule has 0 aromatic rings. The standard InChI is InChI=1S/C14H29NO/c1-4-13(12-8-6-5-7-9-12)15-11-10-14(2,3)16/h12-13,15-16H,4-11H2,1-3H3. The van der Waals surface area contributed by atoms with E-state index in [1.54, 1.807) is 0 Å². The van der Waals surface area contributed by atoms with Gasteiger partial charge in [0, 0.05) is 6.04 Å². The molecule has 1 rings (SSSR count). The van der Waals surface area contributed by atoms with Gasteiger partial charge in [0.2, 0.25) is 0 Å². The third kappa shape index (κ3) is 5.31. The maximum absolute atomic E-state index is 9.67. The SMILES string of the molecule is CCC(NCCC(C)(C)O)C1CCCCC1. The molecule has 1 saturated carbocycles. The molecule has 2 heteroatoms. The van der Waals surface area contributed by atoms with Crippen molar-refractivity contribution in [3.63, 3.8) is 0 Å². The van der Waals surface area contributed by atoms with Crippen LogP contribution >= 0.6 is 0 Å². The lowest BCUT2D eigenvalue weighted by atomic mass is 9.83. The summed E-state index contributed by atoms with van der Waals surface area (Å²) in [4.78, 5) is 0. The first kappa shape index (κ1) is 14.0. The van der Waals surface area contributed by atoms with E-state index >= 15 is 0 Å². The number of hydrogen-bond acceptors (Lipinski definition) is 2. The van der Waals surface area contributed by atoms with Crippen LogP contribution in [0.25, 0.3) is 0 Å². The normalized spacial score (nSPS) is 21.0. The summed E-state index contributed by atoms with van der Waals surface area (Å²) >= 11 is 0. The minimum Gasteiger partial charge on any atom is -0.390 e. The number of rotatable bonds is 6. The molecule has 16 heavy (non-hydrogen) atoms. The third-order valence-corrected chi connectivity index (χ3v) is 3.80. The van der Waals surface area contributed by atoms with Crippen molar-refractivity contribution in [2.75, 3.05) is 6.54 Å². The van der Waals surface area contributed by atoms with Gasteiger partial charge in [-0.05, 0) is 52.0 Å². The molecular weight excluding hydrogens is 198 g/mol. The van der Waals surface area contributed by atoms with Gasteiger partial charge in [-0.25, -0.2) is 0 Å². The smallest absolute Gasteiger partial charge is 0.0603 e. The third-order valence-electron chi connectivity index (χ3n) is 3.80. The summed E-state index contributed by atoms with van der Waals surface area (Å²) in [6.07, 6.45) is 9.11. The predicted octanol–water partition coefficient (Wildman–Crippen LogP) is 3.10.